The minimum atomic E-state index is -0.0338. The summed E-state index contributed by atoms with van der Waals surface area (Å²) in [5, 5.41) is 4.21. The molecular weight excluding hydrogens is 286 g/mol. The minimum absolute atomic E-state index is 0.0102. The highest BCUT2D eigenvalue weighted by Gasteiger charge is 2.35. The normalized spacial score (nSPS) is 17.7. The van der Waals surface area contributed by atoms with Gasteiger partial charge in [0.05, 0.1) is 6.04 Å². The highest BCUT2D eigenvalue weighted by atomic mass is 16.2. The van der Waals surface area contributed by atoms with Gasteiger partial charge < -0.3 is 9.88 Å². The van der Waals surface area contributed by atoms with E-state index in [4.69, 9.17) is 0 Å². The van der Waals surface area contributed by atoms with Crippen LogP contribution in [-0.4, -0.2) is 17.1 Å². The third-order valence-corrected chi connectivity index (χ3v) is 4.79. The van der Waals surface area contributed by atoms with Gasteiger partial charge in [-0.2, -0.15) is 0 Å². The molecule has 2 aromatic carbocycles. The second kappa shape index (κ2) is 5.16. The van der Waals surface area contributed by atoms with Crippen LogP contribution in [0.3, 0.4) is 0 Å². The summed E-state index contributed by atoms with van der Waals surface area (Å²) in [6.07, 6.45) is 0. The molecule has 0 aliphatic carbocycles. The van der Waals surface area contributed by atoms with E-state index in [1.807, 2.05) is 35.2 Å². The van der Waals surface area contributed by atoms with Gasteiger partial charge in [0.2, 0.25) is 0 Å². The second-order valence-corrected chi connectivity index (χ2v) is 5.98. The Morgan fingerprint density at radius 2 is 1.74 bits per heavy atom. The highest BCUT2D eigenvalue weighted by Crippen LogP contribution is 2.37. The van der Waals surface area contributed by atoms with E-state index < -0.39 is 0 Å². The van der Waals surface area contributed by atoms with Crippen LogP contribution in [0.1, 0.15) is 17.3 Å². The summed E-state index contributed by atoms with van der Waals surface area (Å²) in [5.74, 6) is 0. The number of anilines is 1. The van der Waals surface area contributed by atoms with Gasteiger partial charge in [0, 0.05) is 41.4 Å². The molecule has 1 saturated heterocycles. The lowest BCUT2D eigenvalue weighted by atomic mass is 10.0. The smallest absolute Gasteiger partial charge is 0.322 e. The Bertz CT molecular complexity index is 882. The van der Waals surface area contributed by atoms with E-state index in [-0.39, 0.29) is 12.1 Å². The largest absolute Gasteiger partial charge is 0.348 e. The maximum absolute atomic E-state index is 12.4. The first kappa shape index (κ1) is 13.9. The Morgan fingerprint density at radius 1 is 1.04 bits per heavy atom. The molecule has 0 saturated carbocycles. The Balaban J connectivity index is 1.90. The van der Waals surface area contributed by atoms with Gasteiger partial charge >= 0.3 is 6.03 Å². The second-order valence-electron chi connectivity index (χ2n) is 5.98. The van der Waals surface area contributed by atoms with Crippen molar-refractivity contribution in [2.45, 2.75) is 13.0 Å². The summed E-state index contributed by atoms with van der Waals surface area (Å²) in [4.78, 5) is 14.3. The lowest BCUT2D eigenvalue weighted by Crippen LogP contribution is -2.29. The SMILES string of the molecule is Cc1c(C2CNC(=O)N2c2ccccc2)c2ccccc2n1C. The molecule has 1 aliphatic rings. The first-order valence-corrected chi connectivity index (χ1v) is 7.84. The van der Waals surface area contributed by atoms with Crippen molar-refractivity contribution in [3.63, 3.8) is 0 Å². The molecular formula is C19H19N3O. The summed E-state index contributed by atoms with van der Waals surface area (Å²) >= 11 is 0. The van der Waals surface area contributed by atoms with Crippen LogP contribution >= 0.6 is 0 Å². The van der Waals surface area contributed by atoms with E-state index in [9.17, 15) is 4.79 Å². The maximum Gasteiger partial charge on any atom is 0.322 e. The van der Waals surface area contributed by atoms with Crippen molar-refractivity contribution in [3.8, 4) is 0 Å². The van der Waals surface area contributed by atoms with Crippen molar-refractivity contribution in [1.82, 2.24) is 9.88 Å². The predicted octanol–water partition coefficient (Wildman–Crippen LogP) is 3.76. The molecule has 4 heteroatoms. The molecule has 2 heterocycles. The lowest BCUT2D eigenvalue weighted by Gasteiger charge is -2.24. The van der Waals surface area contributed by atoms with Gasteiger partial charge in [-0.15, -0.1) is 0 Å². The Labute approximate surface area is 135 Å². The molecule has 23 heavy (non-hydrogen) atoms. The van der Waals surface area contributed by atoms with Gasteiger partial charge in [-0.05, 0) is 25.1 Å². The van der Waals surface area contributed by atoms with Gasteiger partial charge in [0.25, 0.3) is 0 Å². The fraction of sp³-hybridized carbons (Fsp3) is 0.211. The standard InChI is InChI=1S/C19H19N3O/c1-13-18(15-10-6-7-11-16(15)21(13)2)17-12-20-19(23)22(17)14-8-4-3-5-9-14/h3-11,17H,12H2,1-2H3,(H,20,23). The Morgan fingerprint density at radius 3 is 2.52 bits per heavy atom. The molecule has 4 rings (SSSR count). The number of nitrogens with one attached hydrogen (secondary N) is 1. The molecule has 4 nitrogen and oxygen atoms in total. The number of para-hydroxylation sites is 2. The average molecular weight is 305 g/mol. The predicted molar refractivity (Wildman–Crippen MR) is 92.7 cm³/mol. The minimum Gasteiger partial charge on any atom is -0.348 e. The van der Waals surface area contributed by atoms with E-state index in [1.54, 1.807) is 0 Å². The van der Waals surface area contributed by atoms with Gasteiger partial charge in [0.15, 0.2) is 0 Å². The summed E-state index contributed by atoms with van der Waals surface area (Å²) in [6.45, 7) is 2.75. The van der Waals surface area contributed by atoms with Gasteiger partial charge in [0.1, 0.15) is 0 Å². The molecule has 116 valence electrons. The molecule has 1 N–H and O–H groups in total. The Kier molecular flexibility index (Phi) is 3.11. The number of carbonyl (C=O) groups excluding carboxylic acids is 1. The zero-order valence-electron chi connectivity index (χ0n) is 13.3. The summed E-state index contributed by atoms with van der Waals surface area (Å²) < 4.78 is 2.20. The first-order valence-electron chi connectivity index (χ1n) is 7.84. The number of urea groups is 1. The third kappa shape index (κ3) is 2.02. The zero-order chi connectivity index (χ0) is 16.0. The van der Waals surface area contributed by atoms with E-state index in [0.717, 1.165) is 5.69 Å². The fourth-order valence-corrected chi connectivity index (χ4v) is 3.59. The molecule has 2 amide bonds. The van der Waals surface area contributed by atoms with Crippen LogP contribution in [0.15, 0.2) is 54.6 Å². The number of hydrogen-bond acceptors (Lipinski definition) is 1. The Hall–Kier alpha value is -2.75. The molecule has 0 bridgehead atoms. The molecule has 0 spiro atoms. The molecule has 3 aromatic rings. The zero-order valence-corrected chi connectivity index (χ0v) is 13.3. The van der Waals surface area contributed by atoms with E-state index >= 15 is 0 Å². The van der Waals surface area contributed by atoms with Crippen molar-refractivity contribution in [2.24, 2.45) is 7.05 Å². The van der Waals surface area contributed by atoms with Crippen LogP contribution in [0.4, 0.5) is 10.5 Å². The maximum atomic E-state index is 12.4. The van der Waals surface area contributed by atoms with Crippen LogP contribution in [0.25, 0.3) is 10.9 Å². The molecule has 1 aromatic heterocycles. The number of nitrogens with zero attached hydrogens (tertiary/aromatic N) is 2. The van der Waals surface area contributed by atoms with Crippen molar-refractivity contribution < 1.29 is 4.79 Å². The quantitative estimate of drug-likeness (QED) is 0.769. The number of aryl methyl sites for hydroxylation is 1. The number of aromatic nitrogens is 1. The topological polar surface area (TPSA) is 37.3 Å². The van der Waals surface area contributed by atoms with Gasteiger partial charge in [-0.1, -0.05) is 36.4 Å². The van der Waals surface area contributed by atoms with Crippen molar-refractivity contribution >= 4 is 22.6 Å². The van der Waals surface area contributed by atoms with Crippen LogP contribution in [0.2, 0.25) is 0 Å². The first-order chi connectivity index (χ1) is 11.2. The van der Waals surface area contributed by atoms with E-state index in [1.165, 1.54) is 22.2 Å². The number of fused-ring (bicyclic) bond motifs is 1. The van der Waals surface area contributed by atoms with Crippen molar-refractivity contribution in [3.05, 3.63) is 65.9 Å². The van der Waals surface area contributed by atoms with Crippen LogP contribution in [0.5, 0.6) is 0 Å². The summed E-state index contributed by atoms with van der Waals surface area (Å²) in [6, 6.07) is 18.2. The fourth-order valence-electron chi connectivity index (χ4n) is 3.59. The number of amides is 2. The molecule has 1 aliphatic heterocycles. The highest BCUT2D eigenvalue weighted by molar-refractivity contribution is 5.97. The van der Waals surface area contributed by atoms with Crippen LogP contribution in [0, 0.1) is 6.92 Å². The number of hydrogen-bond donors (Lipinski definition) is 1. The van der Waals surface area contributed by atoms with Gasteiger partial charge in [-0.3, -0.25) is 4.90 Å². The van der Waals surface area contributed by atoms with Crippen molar-refractivity contribution in [2.75, 3.05) is 11.4 Å². The summed E-state index contributed by atoms with van der Waals surface area (Å²) in [7, 11) is 2.08. The average Bonchev–Trinajstić information content (AvgIpc) is 3.07. The number of carbonyl (C=O) groups is 1. The molecule has 1 atom stereocenters. The molecule has 1 unspecified atom stereocenters. The molecule has 0 radical (unpaired) electrons. The number of benzene rings is 2. The lowest BCUT2D eigenvalue weighted by molar-refractivity contribution is 0.251. The van der Waals surface area contributed by atoms with Crippen molar-refractivity contribution in [1.29, 1.82) is 0 Å². The molecule has 1 fully saturated rings. The van der Waals surface area contributed by atoms with E-state index in [2.05, 4.69) is 48.1 Å². The van der Waals surface area contributed by atoms with Crippen LogP contribution < -0.4 is 10.2 Å². The van der Waals surface area contributed by atoms with E-state index in [0.29, 0.717) is 6.54 Å². The monoisotopic (exact) mass is 305 g/mol. The third-order valence-electron chi connectivity index (χ3n) is 4.79. The number of rotatable bonds is 2. The van der Waals surface area contributed by atoms with Gasteiger partial charge in [-0.25, -0.2) is 4.79 Å². The van der Waals surface area contributed by atoms with Crippen LogP contribution in [-0.2, 0) is 7.05 Å². The summed E-state index contributed by atoms with van der Waals surface area (Å²) in [5.41, 5.74) is 4.56.